The first kappa shape index (κ1) is 15.9. The monoisotopic (exact) mass is 284 g/mol. The fourth-order valence-corrected chi connectivity index (χ4v) is 1.47. The van der Waals surface area contributed by atoms with Crippen LogP contribution in [0.4, 0.5) is 0 Å². The molecule has 0 saturated carbocycles. The molecule has 1 aromatic heterocycles. The van der Waals surface area contributed by atoms with Crippen molar-refractivity contribution in [2.75, 3.05) is 6.61 Å². The first-order valence-electron chi connectivity index (χ1n) is 6.40. The summed E-state index contributed by atoms with van der Waals surface area (Å²) in [5.41, 5.74) is 0.195. The Hall–Kier alpha value is -1.16. The number of nitrogens with zero attached hydrogens (tertiary/aromatic N) is 2. The van der Waals surface area contributed by atoms with Gasteiger partial charge in [0.15, 0.2) is 16.7 Å². The number of rotatable bonds is 5. The first-order chi connectivity index (χ1) is 8.70. The Morgan fingerprint density at radius 1 is 1.42 bits per heavy atom. The Bertz CT molecular complexity index is 453. The molecular formula is C14H21ClN2O2. The van der Waals surface area contributed by atoms with Gasteiger partial charge in [0.1, 0.15) is 0 Å². The lowest BCUT2D eigenvalue weighted by Crippen LogP contribution is -2.14. The van der Waals surface area contributed by atoms with Crippen LogP contribution in [0.15, 0.2) is 6.20 Å². The molecule has 1 rings (SSSR count). The third-order valence-electron chi connectivity index (χ3n) is 2.57. The van der Waals surface area contributed by atoms with E-state index in [0.29, 0.717) is 12.4 Å². The van der Waals surface area contributed by atoms with E-state index in [9.17, 15) is 4.79 Å². The van der Waals surface area contributed by atoms with Crippen LogP contribution in [0, 0.1) is 11.3 Å². The van der Waals surface area contributed by atoms with Crippen LogP contribution < -0.4 is 4.74 Å². The third kappa shape index (κ3) is 5.15. The maximum atomic E-state index is 11.7. The van der Waals surface area contributed by atoms with Crippen LogP contribution in [0.1, 0.15) is 51.7 Å². The Morgan fingerprint density at radius 2 is 2.05 bits per heavy atom. The highest BCUT2D eigenvalue weighted by Gasteiger charge is 2.16. The van der Waals surface area contributed by atoms with Gasteiger partial charge in [-0.1, -0.05) is 46.2 Å². The highest BCUT2D eigenvalue weighted by atomic mass is 35.5. The predicted octanol–water partition coefficient (Wildman–Crippen LogP) is 3.78. The number of hydrogen-bond donors (Lipinski definition) is 0. The lowest BCUT2D eigenvalue weighted by atomic mass is 9.93. The molecule has 1 heterocycles. The number of Topliss-reactive ketones (excluding diaryl/α,β-unsaturated/α-hetero) is 1. The second-order valence-corrected chi connectivity index (χ2v) is 6.38. The van der Waals surface area contributed by atoms with Crippen molar-refractivity contribution in [1.82, 2.24) is 9.97 Å². The van der Waals surface area contributed by atoms with Crippen molar-refractivity contribution < 1.29 is 9.53 Å². The van der Waals surface area contributed by atoms with Crippen molar-refractivity contribution >= 4 is 17.4 Å². The van der Waals surface area contributed by atoms with Gasteiger partial charge in [0.2, 0.25) is 5.78 Å². The average molecular weight is 285 g/mol. The molecule has 1 aromatic rings. The Labute approximate surface area is 119 Å². The molecule has 0 N–H and O–H groups in total. The minimum atomic E-state index is -0.149. The molecular weight excluding hydrogens is 264 g/mol. The first-order valence-corrected chi connectivity index (χ1v) is 6.78. The fourth-order valence-electron chi connectivity index (χ4n) is 1.29. The second kappa shape index (κ2) is 6.33. The van der Waals surface area contributed by atoms with Gasteiger partial charge in [-0.05, 0) is 11.8 Å². The Kier molecular flexibility index (Phi) is 5.29. The highest BCUT2D eigenvalue weighted by molar-refractivity contribution is 6.30. The zero-order valence-corrected chi connectivity index (χ0v) is 12.9. The van der Waals surface area contributed by atoms with Gasteiger partial charge in [0.05, 0.1) is 12.8 Å². The van der Waals surface area contributed by atoms with Gasteiger partial charge in [-0.15, -0.1) is 0 Å². The number of carbonyl (C=O) groups excluding carboxylic acids is 1. The molecule has 0 radical (unpaired) electrons. The van der Waals surface area contributed by atoms with E-state index in [0.717, 1.165) is 6.42 Å². The lowest BCUT2D eigenvalue weighted by Gasteiger charge is -2.18. The number of halogens is 1. The summed E-state index contributed by atoms with van der Waals surface area (Å²) in [4.78, 5) is 19.7. The van der Waals surface area contributed by atoms with Crippen LogP contribution >= 0.6 is 11.6 Å². The van der Waals surface area contributed by atoms with Gasteiger partial charge in [-0.3, -0.25) is 4.79 Å². The zero-order valence-electron chi connectivity index (χ0n) is 12.2. The largest absolute Gasteiger partial charge is 0.489 e. The number of aromatic nitrogens is 2. The smallest absolute Gasteiger partial charge is 0.202 e. The summed E-state index contributed by atoms with van der Waals surface area (Å²) in [5.74, 6) is 0.293. The van der Waals surface area contributed by atoms with Crippen LogP contribution in [-0.2, 0) is 0 Å². The van der Waals surface area contributed by atoms with E-state index >= 15 is 0 Å². The minimum absolute atomic E-state index is 0.122. The van der Waals surface area contributed by atoms with E-state index in [-0.39, 0.29) is 28.1 Å². The van der Waals surface area contributed by atoms with Crippen molar-refractivity contribution in [2.24, 2.45) is 11.3 Å². The third-order valence-corrected chi connectivity index (χ3v) is 2.84. The molecule has 0 aliphatic carbocycles. The summed E-state index contributed by atoms with van der Waals surface area (Å²) in [5, 5.41) is 0.188. The molecule has 106 valence electrons. The molecule has 0 aliphatic heterocycles. The maximum absolute atomic E-state index is 11.7. The SMILES string of the molecule is CC(C)C(=O)c1ncc(OCCC(C)(C)C)c(Cl)n1. The molecule has 0 fully saturated rings. The summed E-state index contributed by atoms with van der Waals surface area (Å²) in [6.45, 7) is 10.6. The summed E-state index contributed by atoms with van der Waals surface area (Å²) in [6, 6.07) is 0. The standard InChI is InChI=1S/C14H21ClN2O2/c1-9(2)11(18)13-16-8-10(12(15)17-13)19-7-6-14(3,4)5/h8-9H,6-7H2,1-5H3. The Balaban J connectivity index is 2.70. The van der Waals surface area contributed by atoms with E-state index in [1.807, 2.05) is 0 Å². The summed E-state index contributed by atoms with van der Waals surface area (Å²) in [6.07, 6.45) is 2.36. The molecule has 0 saturated heterocycles. The van der Waals surface area contributed by atoms with Gasteiger partial charge in [0, 0.05) is 5.92 Å². The van der Waals surface area contributed by atoms with E-state index in [2.05, 4.69) is 30.7 Å². The van der Waals surface area contributed by atoms with Crippen molar-refractivity contribution in [3.63, 3.8) is 0 Å². The molecule has 0 unspecified atom stereocenters. The van der Waals surface area contributed by atoms with E-state index < -0.39 is 0 Å². The highest BCUT2D eigenvalue weighted by Crippen LogP contribution is 2.24. The zero-order chi connectivity index (χ0) is 14.6. The van der Waals surface area contributed by atoms with E-state index in [4.69, 9.17) is 16.3 Å². The van der Waals surface area contributed by atoms with Gasteiger partial charge in [-0.25, -0.2) is 9.97 Å². The Morgan fingerprint density at radius 3 is 2.53 bits per heavy atom. The van der Waals surface area contributed by atoms with E-state index in [1.165, 1.54) is 6.20 Å². The quantitative estimate of drug-likeness (QED) is 0.610. The van der Waals surface area contributed by atoms with Crippen LogP contribution in [0.25, 0.3) is 0 Å². The molecule has 4 nitrogen and oxygen atoms in total. The molecule has 5 heteroatoms. The van der Waals surface area contributed by atoms with Gasteiger partial charge in [-0.2, -0.15) is 0 Å². The predicted molar refractivity (Wildman–Crippen MR) is 75.8 cm³/mol. The van der Waals surface area contributed by atoms with Crippen molar-refractivity contribution in [3.05, 3.63) is 17.2 Å². The van der Waals surface area contributed by atoms with Crippen molar-refractivity contribution in [1.29, 1.82) is 0 Å². The lowest BCUT2D eigenvalue weighted by molar-refractivity contribution is 0.0928. The second-order valence-electron chi connectivity index (χ2n) is 6.03. The van der Waals surface area contributed by atoms with Crippen LogP contribution in [0.2, 0.25) is 5.15 Å². The van der Waals surface area contributed by atoms with E-state index in [1.54, 1.807) is 13.8 Å². The molecule has 0 bridgehead atoms. The number of ether oxygens (including phenoxy) is 1. The van der Waals surface area contributed by atoms with Gasteiger partial charge in [0.25, 0.3) is 0 Å². The molecule has 0 amide bonds. The summed E-state index contributed by atoms with van der Waals surface area (Å²) >= 11 is 6.00. The topological polar surface area (TPSA) is 52.1 Å². The summed E-state index contributed by atoms with van der Waals surface area (Å²) in [7, 11) is 0. The number of ketones is 1. The minimum Gasteiger partial charge on any atom is -0.489 e. The number of carbonyl (C=O) groups is 1. The van der Waals surface area contributed by atoms with Crippen LogP contribution in [0.5, 0.6) is 5.75 Å². The molecule has 19 heavy (non-hydrogen) atoms. The molecule has 0 aromatic carbocycles. The van der Waals surface area contributed by atoms with Crippen molar-refractivity contribution in [2.45, 2.75) is 41.0 Å². The number of hydrogen-bond acceptors (Lipinski definition) is 4. The molecule has 0 aliphatic rings. The fraction of sp³-hybridized carbons (Fsp3) is 0.643. The summed E-state index contributed by atoms with van der Waals surface area (Å²) < 4.78 is 5.54. The van der Waals surface area contributed by atoms with Crippen LogP contribution in [0.3, 0.4) is 0 Å². The van der Waals surface area contributed by atoms with Gasteiger partial charge < -0.3 is 4.74 Å². The average Bonchev–Trinajstić information content (AvgIpc) is 2.28. The normalized spacial score (nSPS) is 11.7. The maximum Gasteiger partial charge on any atom is 0.202 e. The van der Waals surface area contributed by atoms with Gasteiger partial charge >= 0.3 is 0 Å². The van der Waals surface area contributed by atoms with Crippen LogP contribution in [-0.4, -0.2) is 22.4 Å². The van der Waals surface area contributed by atoms with Crippen molar-refractivity contribution in [3.8, 4) is 5.75 Å². The molecule has 0 atom stereocenters. The molecule has 0 spiro atoms.